The van der Waals surface area contributed by atoms with Crippen molar-refractivity contribution in [3.63, 3.8) is 0 Å². The van der Waals surface area contributed by atoms with Crippen LogP contribution in [-0.2, 0) is 4.79 Å². The van der Waals surface area contributed by atoms with Gasteiger partial charge in [0.15, 0.2) is 0 Å². The summed E-state index contributed by atoms with van der Waals surface area (Å²) < 4.78 is 0. The molecule has 3 amide bonds. The number of urea groups is 1. The molecule has 1 saturated heterocycles. The fourth-order valence-electron chi connectivity index (χ4n) is 3.04. The molecule has 1 aromatic rings. The second-order valence-corrected chi connectivity index (χ2v) is 5.83. The number of allylic oxidation sites excluding steroid dienone is 1. The zero-order valence-corrected chi connectivity index (χ0v) is 13.5. The van der Waals surface area contributed by atoms with Gasteiger partial charge < -0.3 is 4.90 Å². The molecule has 2 rings (SSSR count). The maximum absolute atomic E-state index is 12.9. The highest BCUT2D eigenvalue weighted by molar-refractivity contribution is 5.98. The number of likely N-dealkylation sites (N-methyl/N-ethyl adjacent to an activating group) is 1. The molecule has 22 heavy (non-hydrogen) atoms. The molecule has 1 aliphatic heterocycles. The van der Waals surface area contributed by atoms with Crippen molar-refractivity contribution in [1.29, 1.82) is 0 Å². The lowest BCUT2D eigenvalue weighted by atomic mass is 9.96. The standard InChI is InChI=1S/C18H24N2O2/c1-5-10-14(6-2)17(21)20-16(13(3)19(4)18(20)22)15-11-8-7-9-12-15/h5,7-9,11-14,16H,1,6,10H2,2-4H3/t13-,14-,16-/m1/s1. The fourth-order valence-corrected chi connectivity index (χ4v) is 3.04. The molecule has 0 bridgehead atoms. The summed E-state index contributed by atoms with van der Waals surface area (Å²) in [6.45, 7) is 7.67. The van der Waals surface area contributed by atoms with Crippen LogP contribution >= 0.6 is 0 Å². The average molecular weight is 300 g/mol. The third kappa shape index (κ3) is 2.78. The van der Waals surface area contributed by atoms with Crippen LogP contribution in [0.15, 0.2) is 43.0 Å². The topological polar surface area (TPSA) is 40.6 Å². The van der Waals surface area contributed by atoms with E-state index in [1.807, 2.05) is 44.2 Å². The Morgan fingerprint density at radius 3 is 2.55 bits per heavy atom. The summed E-state index contributed by atoms with van der Waals surface area (Å²) in [5.41, 5.74) is 0.995. The lowest BCUT2D eigenvalue weighted by Crippen LogP contribution is -2.40. The molecule has 1 fully saturated rings. The maximum atomic E-state index is 12.9. The Balaban J connectivity index is 2.39. The Bertz CT molecular complexity index is 555. The zero-order valence-electron chi connectivity index (χ0n) is 13.5. The highest BCUT2D eigenvalue weighted by Crippen LogP contribution is 2.36. The molecule has 0 unspecified atom stereocenters. The number of imide groups is 1. The van der Waals surface area contributed by atoms with Crippen LogP contribution in [0.5, 0.6) is 0 Å². The van der Waals surface area contributed by atoms with Gasteiger partial charge in [-0.05, 0) is 25.3 Å². The van der Waals surface area contributed by atoms with E-state index in [0.29, 0.717) is 12.8 Å². The molecule has 0 spiro atoms. The lowest BCUT2D eigenvalue weighted by Gasteiger charge is -2.27. The molecular weight excluding hydrogens is 276 g/mol. The van der Waals surface area contributed by atoms with Gasteiger partial charge in [-0.2, -0.15) is 0 Å². The normalized spacial score (nSPS) is 22.8. The molecule has 0 N–H and O–H groups in total. The SMILES string of the molecule is C=CC[C@@H](CC)C(=O)N1C(=O)N(C)[C@H](C)[C@@H]1c1ccccc1. The molecule has 4 heteroatoms. The van der Waals surface area contributed by atoms with Gasteiger partial charge in [0.1, 0.15) is 0 Å². The van der Waals surface area contributed by atoms with E-state index < -0.39 is 0 Å². The van der Waals surface area contributed by atoms with Gasteiger partial charge >= 0.3 is 6.03 Å². The van der Waals surface area contributed by atoms with Gasteiger partial charge in [-0.15, -0.1) is 6.58 Å². The Morgan fingerprint density at radius 1 is 1.36 bits per heavy atom. The van der Waals surface area contributed by atoms with E-state index >= 15 is 0 Å². The number of nitrogens with zero attached hydrogens (tertiary/aromatic N) is 2. The molecule has 1 aromatic carbocycles. The first-order chi connectivity index (χ1) is 10.5. The smallest absolute Gasteiger partial charge is 0.322 e. The number of carbonyl (C=O) groups is 2. The van der Waals surface area contributed by atoms with Gasteiger partial charge in [-0.25, -0.2) is 4.79 Å². The van der Waals surface area contributed by atoms with Gasteiger partial charge in [0.25, 0.3) is 0 Å². The molecule has 0 saturated carbocycles. The highest BCUT2D eigenvalue weighted by atomic mass is 16.2. The van der Waals surface area contributed by atoms with Gasteiger partial charge in [-0.1, -0.05) is 43.3 Å². The zero-order chi connectivity index (χ0) is 16.3. The second kappa shape index (κ2) is 6.77. The summed E-state index contributed by atoms with van der Waals surface area (Å²) in [4.78, 5) is 28.5. The monoisotopic (exact) mass is 300 g/mol. The Labute approximate surface area is 132 Å². The van der Waals surface area contributed by atoms with Crippen LogP contribution < -0.4 is 0 Å². The number of amides is 3. The van der Waals surface area contributed by atoms with Gasteiger partial charge in [0.2, 0.25) is 5.91 Å². The molecule has 0 aliphatic carbocycles. The van der Waals surface area contributed by atoms with Crippen molar-refractivity contribution in [3.8, 4) is 0 Å². The largest absolute Gasteiger partial charge is 0.327 e. The molecule has 118 valence electrons. The second-order valence-electron chi connectivity index (χ2n) is 5.83. The summed E-state index contributed by atoms with van der Waals surface area (Å²) in [6.07, 6.45) is 3.05. The van der Waals surface area contributed by atoms with E-state index in [2.05, 4.69) is 6.58 Å². The number of hydrogen-bond donors (Lipinski definition) is 0. The Hall–Kier alpha value is -2.10. The molecule has 1 aliphatic rings. The van der Waals surface area contributed by atoms with E-state index in [1.165, 1.54) is 4.90 Å². The third-order valence-electron chi connectivity index (χ3n) is 4.53. The van der Waals surface area contributed by atoms with Crippen LogP contribution in [0.25, 0.3) is 0 Å². The minimum absolute atomic E-state index is 0.0416. The average Bonchev–Trinajstić information content (AvgIpc) is 2.77. The van der Waals surface area contributed by atoms with Crippen LogP contribution in [0, 0.1) is 5.92 Å². The molecule has 4 nitrogen and oxygen atoms in total. The molecular formula is C18H24N2O2. The van der Waals surface area contributed by atoms with Crippen LogP contribution in [0.3, 0.4) is 0 Å². The summed E-state index contributed by atoms with van der Waals surface area (Å²) >= 11 is 0. The van der Waals surface area contributed by atoms with E-state index in [4.69, 9.17) is 0 Å². The predicted molar refractivity (Wildman–Crippen MR) is 87.2 cm³/mol. The van der Waals surface area contributed by atoms with Crippen molar-refractivity contribution in [3.05, 3.63) is 48.6 Å². The minimum Gasteiger partial charge on any atom is -0.322 e. The van der Waals surface area contributed by atoms with E-state index in [9.17, 15) is 9.59 Å². The molecule has 0 aromatic heterocycles. The minimum atomic E-state index is -0.231. The molecule has 1 heterocycles. The van der Waals surface area contributed by atoms with E-state index in [0.717, 1.165) is 5.56 Å². The van der Waals surface area contributed by atoms with Crippen molar-refractivity contribution in [2.24, 2.45) is 5.92 Å². The fraction of sp³-hybridized carbons (Fsp3) is 0.444. The van der Waals surface area contributed by atoms with Crippen LogP contribution in [0.2, 0.25) is 0 Å². The summed E-state index contributed by atoms with van der Waals surface area (Å²) in [5.74, 6) is -0.288. The summed E-state index contributed by atoms with van der Waals surface area (Å²) in [6, 6.07) is 9.28. The Morgan fingerprint density at radius 2 is 2.00 bits per heavy atom. The molecule has 0 radical (unpaired) electrons. The Kier molecular flexibility index (Phi) is 5.01. The first-order valence-corrected chi connectivity index (χ1v) is 7.78. The summed E-state index contributed by atoms with van der Waals surface area (Å²) in [5, 5.41) is 0. The van der Waals surface area contributed by atoms with Crippen LogP contribution in [0.1, 0.15) is 38.3 Å². The lowest BCUT2D eigenvalue weighted by molar-refractivity contribution is -0.133. The van der Waals surface area contributed by atoms with Crippen molar-refractivity contribution >= 4 is 11.9 Å². The highest BCUT2D eigenvalue weighted by Gasteiger charge is 2.46. The maximum Gasteiger partial charge on any atom is 0.327 e. The third-order valence-corrected chi connectivity index (χ3v) is 4.53. The van der Waals surface area contributed by atoms with E-state index in [-0.39, 0.29) is 29.9 Å². The van der Waals surface area contributed by atoms with Crippen molar-refractivity contribution in [1.82, 2.24) is 9.80 Å². The molecule has 3 atom stereocenters. The number of hydrogen-bond acceptors (Lipinski definition) is 2. The summed E-state index contributed by atoms with van der Waals surface area (Å²) in [7, 11) is 1.75. The first-order valence-electron chi connectivity index (χ1n) is 7.78. The van der Waals surface area contributed by atoms with Gasteiger partial charge in [-0.3, -0.25) is 9.69 Å². The van der Waals surface area contributed by atoms with Crippen molar-refractivity contribution in [2.75, 3.05) is 7.05 Å². The van der Waals surface area contributed by atoms with Gasteiger partial charge in [0, 0.05) is 13.0 Å². The predicted octanol–water partition coefficient (Wildman–Crippen LogP) is 3.61. The van der Waals surface area contributed by atoms with Gasteiger partial charge in [0.05, 0.1) is 12.1 Å². The number of benzene rings is 1. The van der Waals surface area contributed by atoms with E-state index in [1.54, 1.807) is 18.0 Å². The van der Waals surface area contributed by atoms with Crippen molar-refractivity contribution < 1.29 is 9.59 Å². The number of rotatable bonds is 5. The quantitative estimate of drug-likeness (QED) is 0.779. The number of carbonyl (C=O) groups excluding carboxylic acids is 2. The van der Waals surface area contributed by atoms with Crippen LogP contribution in [-0.4, -0.2) is 34.8 Å². The van der Waals surface area contributed by atoms with Crippen molar-refractivity contribution in [2.45, 2.75) is 38.8 Å². The van der Waals surface area contributed by atoms with Crippen LogP contribution in [0.4, 0.5) is 4.79 Å². The first kappa shape index (κ1) is 16.3.